The molecule has 0 amide bonds. The zero-order chi connectivity index (χ0) is 6.57. The van der Waals surface area contributed by atoms with E-state index < -0.39 is 6.29 Å². The molecule has 3 nitrogen and oxygen atoms in total. The highest BCUT2D eigenvalue weighted by Crippen LogP contribution is 1.89. The first kappa shape index (κ1) is 7.88. The summed E-state index contributed by atoms with van der Waals surface area (Å²) < 4.78 is 0. The van der Waals surface area contributed by atoms with Gasteiger partial charge in [0.1, 0.15) is 0 Å². The van der Waals surface area contributed by atoms with Crippen molar-refractivity contribution in [2.75, 3.05) is 13.6 Å². The maximum atomic E-state index is 8.31. The van der Waals surface area contributed by atoms with Gasteiger partial charge in [0.05, 0.1) is 6.54 Å². The van der Waals surface area contributed by atoms with Crippen molar-refractivity contribution in [2.45, 2.75) is 13.2 Å². The standard InChI is InChI=1S/C5H12NO2/c1-3-6(2)4-5(7)8/h4-5,7-8H,3H2,1-2H3. The topological polar surface area (TPSA) is 43.7 Å². The van der Waals surface area contributed by atoms with Crippen molar-refractivity contribution >= 4 is 0 Å². The molecule has 0 aromatic heterocycles. The van der Waals surface area contributed by atoms with Gasteiger partial charge < -0.3 is 10.2 Å². The Labute approximate surface area is 49.5 Å². The van der Waals surface area contributed by atoms with Crippen molar-refractivity contribution in [3.8, 4) is 0 Å². The molecule has 0 atom stereocenters. The largest absolute Gasteiger partial charge is 0.367 e. The Balaban J connectivity index is 3.10. The third-order valence-corrected chi connectivity index (χ3v) is 0.887. The van der Waals surface area contributed by atoms with Gasteiger partial charge >= 0.3 is 0 Å². The van der Waals surface area contributed by atoms with Gasteiger partial charge in [0.15, 0.2) is 6.29 Å². The van der Waals surface area contributed by atoms with Crippen LogP contribution in [0.5, 0.6) is 0 Å². The fraction of sp³-hybridized carbons (Fsp3) is 0.800. The summed E-state index contributed by atoms with van der Waals surface area (Å²) in [5, 5.41) is 16.6. The summed E-state index contributed by atoms with van der Waals surface area (Å²) >= 11 is 0. The van der Waals surface area contributed by atoms with Crippen LogP contribution in [0.15, 0.2) is 0 Å². The van der Waals surface area contributed by atoms with E-state index >= 15 is 0 Å². The van der Waals surface area contributed by atoms with Gasteiger partial charge in [-0.05, 0) is 13.6 Å². The first-order chi connectivity index (χ1) is 3.66. The highest BCUT2D eigenvalue weighted by Gasteiger charge is 2.00. The zero-order valence-electron chi connectivity index (χ0n) is 5.20. The lowest BCUT2D eigenvalue weighted by Crippen LogP contribution is -2.22. The number of likely N-dealkylation sites (N-methyl/N-ethyl adjacent to an activating group) is 1. The van der Waals surface area contributed by atoms with E-state index in [1.54, 1.807) is 11.9 Å². The smallest absolute Gasteiger partial charge is 0.169 e. The number of rotatable bonds is 3. The first-order valence-corrected chi connectivity index (χ1v) is 2.58. The molecule has 3 heteroatoms. The molecule has 8 heavy (non-hydrogen) atoms. The van der Waals surface area contributed by atoms with Crippen molar-refractivity contribution in [2.24, 2.45) is 0 Å². The Hall–Kier alpha value is -0.120. The van der Waals surface area contributed by atoms with E-state index in [4.69, 9.17) is 10.2 Å². The molecule has 0 rings (SSSR count). The normalized spacial score (nSPS) is 11.2. The predicted molar refractivity (Wildman–Crippen MR) is 30.8 cm³/mol. The second-order valence-electron chi connectivity index (χ2n) is 1.64. The fourth-order valence-electron chi connectivity index (χ4n) is 0.333. The van der Waals surface area contributed by atoms with Gasteiger partial charge in [0.25, 0.3) is 0 Å². The summed E-state index contributed by atoms with van der Waals surface area (Å²) in [4.78, 5) is 1.70. The number of hydrogen-bond acceptors (Lipinski definition) is 3. The Morgan fingerprint density at radius 1 is 1.62 bits per heavy atom. The summed E-state index contributed by atoms with van der Waals surface area (Å²) in [6.45, 7) is 4.05. The minimum atomic E-state index is -1.32. The summed E-state index contributed by atoms with van der Waals surface area (Å²) in [5.74, 6) is 0. The predicted octanol–water partition coefficient (Wildman–Crippen LogP) is -0.589. The van der Waals surface area contributed by atoms with Gasteiger partial charge in [0, 0.05) is 0 Å². The monoisotopic (exact) mass is 118 g/mol. The molecule has 0 aromatic rings. The van der Waals surface area contributed by atoms with E-state index in [1.807, 2.05) is 6.92 Å². The van der Waals surface area contributed by atoms with E-state index in [0.29, 0.717) is 0 Å². The molecule has 0 aromatic carbocycles. The molecular weight excluding hydrogens is 106 g/mol. The van der Waals surface area contributed by atoms with Crippen LogP contribution in [-0.4, -0.2) is 35.0 Å². The van der Waals surface area contributed by atoms with Crippen LogP contribution >= 0.6 is 0 Å². The highest BCUT2D eigenvalue weighted by atomic mass is 16.5. The lowest BCUT2D eigenvalue weighted by molar-refractivity contribution is -0.0303. The van der Waals surface area contributed by atoms with Gasteiger partial charge in [-0.2, -0.15) is 0 Å². The molecule has 0 spiro atoms. The first-order valence-electron chi connectivity index (χ1n) is 2.58. The van der Waals surface area contributed by atoms with Gasteiger partial charge in [-0.25, -0.2) is 0 Å². The molecule has 0 heterocycles. The van der Waals surface area contributed by atoms with Crippen molar-refractivity contribution in [3.63, 3.8) is 0 Å². The molecule has 0 fully saturated rings. The van der Waals surface area contributed by atoms with Crippen LogP contribution in [0.4, 0.5) is 0 Å². The molecule has 0 aliphatic rings. The van der Waals surface area contributed by atoms with Crippen LogP contribution in [0, 0.1) is 6.54 Å². The van der Waals surface area contributed by atoms with Crippen molar-refractivity contribution < 1.29 is 10.2 Å². The molecule has 0 bridgehead atoms. The van der Waals surface area contributed by atoms with Crippen LogP contribution in [-0.2, 0) is 0 Å². The Bertz CT molecular complexity index is 56.4. The number of nitrogens with zero attached hydrogens (tertiary/aromatic N) is 1. The number of hydrogen-bond donors (Lipinski definition) is 2. The summed E-state index contributed by atoms with van der Waals surface area (Å²) in [5.41, 5.74) is 0. The van der Waals surface area contributed by atoms with Crippen LogP contribution in [0.2, 0.25) is 0 Å². The van der Waals surface area contributed by atoms with E-state index in [0.717, 1.165) is 6.54 Å². The molecule has 0 saturated carbocycles. The molecule has 2 N–H and O–H groups in total. The van der Waals surface area contributed by atoms with E-state index in [9.17, 15) is 0 Å². The van der Waals surface area contributed by atoms with Crippen LogP contribution in [0.3, 0.4) is 0 Å². The molecule has 0 saturated heterocycles. The average molecular weight is 118 g/mol. The molecule has 0 unspecified atom stereocenters. The highest BCUT2D eigenvalue weighted by molar-refractivity contribution is 4.63. The minimum Gasteiger partial charge on any atom is -0.367 e. The Morgan fingerprint density at radius 3 is 2.25 bits per heavy atom. The quantitative estimate of drug-likeness (QED) is 0.487. The second kappa shape index (κ2) is 3.83. The lowest BCUT2D eigenvalue weighted by atomic mass is 10.5. The maximum Gasteiger partial charge on any atom is 0.169 e. The van der Waals surface area contributed by atoms with Crippen LogP contribution < -0.4 is 0 Å². The molecule has 49 valence electrons. The van der Waals surface area contributed by atoms with Crippen molar-refractivity contribution in [1.29, 1.82) is 0 Å². The van der Waals surface area contributed by atoms with Gasteiger partial charge in [0.2, 0.25) is 0 Å². The summed E-state index contributed by atoms with van der Waals surface area (Å²) in [6.07, 6.45) is -1.32. The van der Waals surface area contributed by atoms with Crippen molar-refractivity contribution in [1.82, 2.24) is 4.90 Å². The molecule has 0 aliphatic heterocycles. The van der Waals surface area contributed by atoms with E-state index in [2.05, 4.69) is 0 Å². The van der Waals surface area contributed by atoms with Crippen LogP contribution in [0.1, 0.15) is 6.92 Å². The lowest BCUT2D eigenvalue weighted by Gasteiger charge is -2.12. The second-order valence-corrected chi connectivity index (χ2v) is 1.64. The Kier molecular flexibility index (Phi) is 3.77. The zero-order valence-corrected chi connectivity index (χ0v) is 5.20. The maximum absolute atomic E-state index is 8.31. The molecular formula is C5H12NO2. The van der Waals surface area contributed by atoms with Gasteiger partial charge in [-0.1, -0.05) is 6.92 Å². The fourth-order valence-corrected chi connectivity index (χ4v) is 0.333. The van der Waals surface area contributed by atoms with Gasteiger partial charge in [-0.3, -0.25) is 4.90 Å². The SMILES string of the molecule is CCN(C)[CH]C(O)O. The summed E-state index contributed by atoms with van der Waals surface area (Å²) in [6, 6.07) is 0. The van der Waals surface area contributed by atoms with Gasteiger partial charge in [-0.15, -0.1) is 0 Å². The number of aliphatic hydroxyl groups is 2. The molecule has 1 radical (unpaired) electrons. The average Bonchev–Trinajstić information content (AvgIpc) is 1.65. The van der Waals surface area contributed by atoms with Crippen molar-refractivity contribution in [3.05, 3.63) is 6.54 Å². The summed E-state index contributed by atoms with van der Waals surface area (Å²) in [7, 11) is 1.78. The molecule has 0 aliphatic carbocycles. The Morgan fingerprint density at radius 2 is 2.12 bits per heavy atom. The van der Waals surface area contributed by atoms with E-state index in [-0.39, 0.29) is 0 Å². The number of aliphatic hydroxyl groups excluding tert-OH is 1. The van der Waals surface area contributed by atoms with Crippen LogP contribution in [0.25, 0.3) is 0 Å². The van der Waals surface area contributed by atoms with E-state index in [1.165, 1.54) is 6.54 Å². The third-order valence-electron chi connectivity index (χ3n) is 0.887. The minimum absolute atomic E-state index is 0.789. The third kappa shape index (κ3) is 4.05.